The highest BCUT2D eigenvalue weighted by Gasteiger charge is 2.39. The number of piperidine rings is 1. The lowest BCUT2D eigenvalue weighted by Crippen LogP contribution is -2.52. The molecule has 0 spiro atoms. The Labute approximate surface area is 220 Å². The number of pyridine rings is 2. The quantitative estimate of drug-likeness (QED) is 0.446. The first-order valence-corrected chi connectivity index (χ1v) is 12.9. The van der Waals surface area contributed by atoms with E-state index in [0.29, 0.717) is 54.5 Å². The molecule has 198 valence electrons. The fraction of sp³-hybridized carbons (Fsp3) is 0.481. The number of aliphatic hydroxyl groups excluding tert-OH is 1. The van der Waals surface area contributed by atoms with Gasteiger partial charge in [-0.3, -0.25) is 9.78 Å². The van der Waals surface area contributed by atoms with Gasteiger partial charge >= 0.3 is 0 Å². The van der Waals surface area contributed by atoms with Gasteiger partial charge in [-0.15, -0.1) is 0 Å². The monoisotopic (exact) mass is 518 g/mol. The van der Waals surface area contributed by atoms with Crippen molar-refractivity contribution in [2.45, 2.75) is 63.8 Å². The number of nitriles is 1. The summed E-state index contributed by atoms with van der Waals surface area (Å²) in [5.74, 6) is 1.27. The van der Waals surface area contributed by atoms with E-state index >= 15 is 0 Å². The predicted molar refractivity (Wildman–Crippen MR) is 141 cm³/mol. The third-order valence-corrected chi connectivity index (χ3v) is 7.34. The van der Waals surface area contributed by atoms with E-state index in [1.54, 1.807) is 29.6 Å². The van der Waals surface area contributed by atoms with Crippen molar-refractivity contribution >= 4 is 34.3 Å². The van der Waals surface area contributed by atoms with Gasteiger partial charge in [-0.2, -0.15) is 10.2 Å². The third kappa shape index (κ3) is 5.09. The van der Waals surface area contributed by atoms with Gasteiger partial charge < -0.3 is 20.6 Å². The summed E-state index contributed by atoms with van der Waals surface area (Å²) in [6, 6.07) is 5.77. The van der Waals surface area contributed by atoms with E-state index < -0.39 is 11.8 Å². The number of halogens is 1. The Bertz CT molecular complexity index is 1400. The predicted octanol–water partition coefficient (Wildman–Crippen LogP) is 3.62. The number of hydrogen-bond donors (Lipinski definition) is 3. The van der Waals surface area contributed by atoms with E-state index in [1.807, 2.05) is 6.07 Å². The first kappa shape index (κ1) is 25.7. The Hall–Kier alpha value is -3.91. The van der Waals surface area contributed by atoms with Crippen LogP contribution in [0.15, 0.2) is 30.7 Å². The van der Waals surface area contributed by atoms with Crippen LogP contribution in [0.1, 0.15) is 62.0 Å². The van der Waals surface area contributed by atoms with Crippen molar-refractivity contribution in [3.63, 3.8) is 0 Å². The van der Waals surface area contributed by atoms with Crippen molar-refractivity contribution in [1.82, 2.24) is 25.3 Å². The van der Waals surface area contributed by atoms with Gasteiger partial charge in [0.15, 0.2) is 5.67 Å². The molecule has 38 heavy (non-hydrogen) atoms. The van der Waals surface area contributed by atoms with Crippen LogP contribution < -0.4 is 15.5 Å². The summed E-state index contributed by atoms with van der Waals surface area (Å²) in [4.78, 5) is 32.5. The number of nitrogens with zero attached hydrogens (tertiary/aromatic N) is 6. The topological polar surface area (TPSA) is 140 Å². The molecule has 11 heteroatoms. The Morgan fingerprint density at radius 2 is 2.03 bits per heavy atom. The lowest BCUT2D eigenvalue weighted by molar-refractivity contribution is -0.00860. The molecular formula is C27H31FN8O2. The van der Waals surface area contributed by atoms with Gasteiger partial charge in [0.1, 0.15) is 17.3 Å². The van der Waals surface area contributed by atoms with Crippen LogP contribution in [0.5, 0.6) is 0 Å². The van der Waals surface area contributed by atoms with Gasteiger partial charge in [-0.05, 0) is 55.2 Å². The van der Waals surface area contributed by atoms with Crippen LogP contribution in [0, 0.1) is 17.2 Å². The zero-order chi connectivity index (χ0) is 27.0. The van der Waals surface area contributed by atoms with Crippen molar-refractivity contribution in [3.05, 3.63) is 42.0 Å². The molecule has 0 unspecified atom stereocenters. The Balaban J connectivity index is 1.40. The zero-order valence-electron chi connectivity index (χ0n) is 21.6. The Morgan fingerprint density at radius 1 is 1.24 bits per heavy atom. The smallest absolute Gasteiger partial charge is 0.270 e. The van der Waals surface area contributed by atoms with Crippen molar-refractivity contribution in [1.29, 1.82) is 5.26 Å². The highest BCUT2D eigenvalue weighted by molar-refractivity contribution is 6.06. The minimum atomic E-state index is -1.74. The van der Waals surface area contributed by atoms with Gasteiger partial charge in [-0.1, -0.05) is 13.8 Å². The summed E-state index contributed by atoms with van der Waals surface area (Å²) in [6.07, 6.45) is 5.54. The molecule has 3 N–H and O–H groups in total. The molecule has 1 saturated carbocycles. The number of hydrogen-bond acceptors (Lipinski definition) is 9. The average molecular weight is 519 g/mol. The van der Waals surface area contributed by atoms with Crippen LogP contribution in [0.4, 0.5) is 22.0 Å². The zero-order valence-corrected chi connectivity index (χ0v) is 21.6. The number of fused-ring (bicyclic) bond motifs is 1. The molecule has 1 amide bonds. The maximum atomic E-state index is 14.7. The summed E-state index contributed by atoms with van der Waals surface area (Å²) in [5, 5.41) is 26.6. The molecule has 3 aromatic heterocycles. The maximum Gasteiger partial charge on any atom is 0.270 e. The van der Waals surface area contributed by atoms with Crippen LogP contribution in [-0.2, 0) is 0 Å². The Kier molecular flexibility index (Phi) is 6.84. The van der Waals surface area contributed by atoms with Gasteiger partial charge in [-0.25, -0.2) is 14.4 Å². The number of amides is 1. The Morgan fingerprint density at radius 3 is 2.74 bits per heavy atom. The lowest BCUT2D eigenvalue weighted by atomic mass is 9.81. The molecule has 3 aromatic rings. The largest absolute Gasteiger partial charge is 0.390 e. The summed E-state index contributed by atoms with van der Waals surface area (Å²) < 4.78 is 14.7. The van der Waals surface area contributed by atoms with E-state index in [-0.39, 0.29) is 30.3 Å². The fourth-order valence-electron chi connectivity index (χ4n) is 4.97. The van der Waals surface area contributed by atoms with E-state index in [0.717, 1.165) is 10.9 Å². The molecule has 0 radical (unpaired) electrons. The molecule has 5 rings (SSSR count). The number of carbonyl (C=O) groups excluding carboxylic acids is 1. The number of rotatable bonds is 6. The second kappa shape index (κ2) is 10.1. The van der Waals surface area contributed by atoms with E-state index in [1.165, 1.54) is 6.92 Å². The first-order valence-electron chi connectivity index (χ1n) is 12.9. The molecular weight excluding hydrogens is 487 g/mol. The lowest BCUT2D eigenvalue weighted by Gasteiger charge is -2.38. The highest BCUT2D eigenvalue weighted by Crippen LogP contribution is 2.31. The van der Waals surface area contributed by atoms with E-state index in [9.17, 15) is 14.3 Å². The van der Waals surface area contributed by atoms with Crippen LogP contribution in [0.3, 0.4) is 0 Å². The van der Waals surface area contributed by atoms with Crippen LogP contribution in [0.25, 0.3) is 10.8 Å². The van der Waals surface area contributed by atoms with Crippen molar-refractivity contribution in [2.24, 2.45) is 5.92 Å². The molecule has 4 heterocycles. The van der Waals surface area contributed by atoms with Crippen molar-refractivity contribution in [3.8, 4) is 6.07 Å². The number of nitrogens with one attached hydrogen (secondary N) is 2. The average Bonchev–Trinajstić information content (AvgIpc) is 2.86. The third-order valence-electron chi connectivity index (χ3n) is 7.34. The SMILES string of the molecule is CC(C)c1cnc(C(=O)NC2CC(C#N)C2)c2cnc(Nc3ccnc(N4CC[C@@H](O)[C@@](C)(F)C4)n3)cc12. The molecule has 0 bridgehead atoms. The van der Waals surface area contributed by atoms with Crippen molar-refractivity contribution in [2.75, 3.05) is 23.3 Å². The maximum absolute atomic E-state index is 14.7. The molecule has 1 saturated heterocycles. The van der Waals surface area contributed by atoms with Gasteiger partial charge in [0.2, 0.25) is 5.95 Å². The molecule has 10 nitrogen and oxygen atoms in total. The molecule has 2 atom stereocenters. The molecule has 2 aliphatic rings. The number of alkyl halides is 1. The van der Waals surface area contributed by atoms with Crippen molar-refractivity contribution < 1.29 is 14.3 Å². The molecule has 0 aromatic carbocycles. The summed E-state index contributed by atoms with van der Waals surface area (Å²) >= 11 is 0. The summed E-state index contributed by atoms with van der Waals surface area (Å²) in [5.41, 5.74) is -0.464. The summed E-state index contributed by atoms with van der Waals surface area (Å²) in [7, 11) is 0. The normalized spacial score (nSPS) is 25.1. The second-order valence-electron chi connectivity index (χ2n) is 10.7. The number of anilines is 3. The van der Waals surface area contributed by atoms with Gasteiger partial charge in [0, 0.05) is 36.6 Å². The van der Waals surface area contributed by atoms with E-state index in [2.05, 4.69) is 50.5 Å². The fourth-order valence-corrected chi connectivity index (χ4v) is 4.97. The molecule has 1 aliphatic heterocycles. The highest BCUT2D eigenvalue weighted by atomic mass is 19.1. The standard InChI is InChI=1S/C27H31FN8O2/c1-15(2)19-12-32-24(25(38)33-17-8-16(9-17)11-29)20-13-31-23(10-18(19)20)34-22-4-6-30-26(35-22)36-7-5-21(37)27(3,28)14-36/h4,6,10,12-13,15-17,21,37H,5,7-9,14H2,1-3H3,(H,33,38)(H,30,31,34,35)/t16?,17?,21-,27+/m1/s1. The molecule has 1 aliphatic carbocycles. The summed E-state index contributed by atoms with van der Waals surface area (Å²) in [6.45, 7) is 5.96. The number of aromatic nitrogens is 4. The van der Waals surface area contributed by atoms with Crippen LogP contribution >= 0.6 is 0 Å². The number of carbonyl (C=O) groups is 1. The minimum Gasteiger partial charge on any atom is -0.390 e. The van der Waals surface area contributed by atoms with Gasteiger partial charge in [0.05, 0.1) is 24.6 Å². The molecule has 2 fully saturated rings. The minimum absolute atomic E-state index is 0.000536. The second-order valence-corrected chi connectivity index (χ2v) is 10.7. The number of aliphatic hydroxyl groups is 1. The van der Waals surface area contributed by atoms with Gasteiger partial charge in [0.25, 0.3) is 5.91 Å². The van der Waals surface area contributed by atoms with E-state index in [4.69, 9.17) is 5.26 Å². The first-order chi connectivity index (χ1) is 18.1. The van der Waals surface area contributed by atoms with Crippen LogP contribution in [0.2, 0.25) is 0 Å². The van der Waals surface area contributed by atoms with Crippen LogP contribution in [-0.4, -0.2) is 61.9 Å².